The average Bonchev–Trinajstić information content (AvgIpc) is 2.63. The normalized spacial score (nSPS) is 19.9. The Labute approximate surface area is 104 Å². The van der Waals surface area contributed by atoms with Gasteiger partial charge in [-0.1, -0.05) is 35.9 Å². The summed E-state index contributed by atoms with van der Waals surface area (Å²) in [4.78, 5) is 22.5. The van der Waals surface area contributed by atoms with Gasteiger partial charge in [0, 0.05) is 5.02 Å². The molecular formula is C13H11ClO3. The highest BCUT2D eigenvalue weighted by atomic mass is 35.5. The summed E-state index contributed by atoms with van der Waals surface area (Å²) in [6, 6.07) is 7.31. The molecule has 0 aliphatic carbocycles. The number of carbonyl (C=O) groups is 2. The highest BCUT2D eigenvalue weighted by Crippen LogP contribution is 2.17. The zero-order valence-electron chi connectivity index (χ0n) is 9.06. The summed E-state index contributed by atoms with van der Waals surface area (Å²) in [7, 11) is 0. The third kappa shape index (κ3) is 2.94. The van der Waals surface area contributed by atoms with Gasteiger partial charge in [0.1, 0.15) is 5.92 Å². The summed E-state index contributed by atoms with van der Waals surface area (Å²) < 4.78 is 4.66. The molecule has 0 amide bonds. The smallest absolute Gasteiger partial charge is 0.317 e. The molecule has 0 bridgehead atoms. The van der Waals surface area contributed by atoms with Gasteiger partial charge in [-0.05, 0) is 24.1 Å². The number of ether oxygens (including phenoxy) is 1. The van der Waals surface area contributed by atoms with Crippen molar-refractivity contribution in [2.75, 3.05) is 6.61 Å². The van der Waals surface area contributed by atoms with E-state index in [1.54, 1.807) is 18.2 Å². The third-order valence-electron chi connectivity index (χ3n) is 2.58. The number of allylic oxidation sites excluding steroid dienone is 1. The van der Waals surface area contributed by atoms with Crippen molar-refractivity contribution in [2.45, 2.75) is 6.42 Å². The second-order valence-corrected chi connectivity index (χ2v) is 4.25. The van der Waals surface area contributed by atoms with E-state index < -0.39 is 11.9 Å². The number of hydrogen-bond acceptors (Lipinski definition) is 3. The average molecular weight is 251 g/mol. The minimum atomic E-state index is -0.626. The van der Waals surface area contributed by atoms with Crippen LogP contribution in [0.2, 0.25) is 5.02 Å². The van der Waals surface area contributed by atoms with E-state index >= 15 is 0 Å². The van der Waals surface area contributed by atoms with Gasteiger partial charge in [-0.25, -0.2) is 0 Å². The van der Waals surface area contributed by atoms with Crippen molar-refractivity contribution in [1.82, 2.24) is 0 Å². The molecule has 1 unspecified atom stereocenters. The monoisotopic (exact) mass is 250 g/mol. The highest BCUT2D eigenvalue weighted by molar-refractivity contribution is 6.30. The number of hydrogen-bond donors (Lipinski definition) is 0. The Bertz CT molecular complexity index is 446. The van der Waals surface area contributed by atoms with Crippen molar-refractivity contribution in [3.8, 4) is 0 Å². The van der Waals surface area contributed by atoms with E-state index in [1.807, 2.05) is 18.2 Å². The first-order valence-corrected chi connectivity index (χ1v) is 5.66. The van der Waals surface area contributed by atoms with Gasteiger partial charge < -0.3 is 4.74 Å². The Balaban J connectivity index is 1.95. The summed E-state index contributed by atoms with van der Waals surface area (Å²) >= 11 is 5.76. The van der Waals surface area contributed by atoms with Gasteiger partial charge in [-0.2, -0.15) is 0 Å². The summed E-state index contributed by atoms with van der Waals surface area (Å²) in [5.41, 5.74) is 0.980. The Morgan fingerprint density at radius 3 is 2.59 bits per heavy atom. The second kappa shape index (κ2) is 5.15. The SMILES string of the molecule is O=C1COC(=O)C1C/C=C/c1ccc(Cl)cc1. The van der Waals surface area contributed by atoms with Crippen LogP contribution >= 0.6 is 11.6 Å². The van der Waals surface area contributed by atoms with Gasteiger partial charge >= 0.3 is 5.97 Å². The van der Waals surface area contributed by atoms with Crippen molar-refractivity contribution in [2.24, 2.45) is 5.92 Å². The zero-order chi connectivity index (χ0) is 12.3. The highest BCUT2D eigenvalue weighted by Gasteiger charge is 2.33. The van der Waals surface area contributed by atoms with E-state index in [0.29, 0.717) is 11.4 Å². The van der Waals surface area contributed by atoms with Gasteiger partial charge in [-0.3, -0.25) is 9.59 Å². The minimum absolute atomic E-state index is 0.0850. The predicted octanol–water partition coefficient (Wildman–Crippen LogP) is 2.49. The van der Waals surface area contributed by atoms with Crippen molar-refractivity contribution in [3.05, 3.63) is 40.9 Å². The molecule has 0 spiro atoms. The van der Waals surface area contributed by atoms with E-state index in [4.69, 9.17) is 11.6 Å². The molecule has 1 saturated heterocycles. The van der Waals surface area contributed by atoms with Crippen LogP contribution in [0.15, 0.2) is 30.3 Å². The lowest BCUT2D eigenvalue weighted by atomic mass is 10.0. The molecule has 0 N–H and O–H groups in total. The van der Waals surface area contributed by atoms with Gasteiger partial charge in [0.15, 0.2) is 12.4 Å². The number of Topliss-reactive ketones (excluding diaryl/α,β-unsaturated/α-hetero) is 1. The van der Waals surface area contributed by atoms with E-state index in [0.717, 1.165) is 5.56 Å². The van der Waals surface area contributed by atoms with Crippen LogP contribution in [0.3, 0.4) is 0 Å². The fourth-order valence-electron chi connectivity index (χ4n) is 1.62. The summed E-state index contributed by atoms with van der Waals surface area (Å²) in [5, 5.41) is 0.677. The molecule has 0 radical (unpaired) electrons. The molecule has 1 heterocycles. The molecule has 1 aliphatic rings. The van der Waals surface area contributed by atoms with Crippen LogP contribution in [0.5, 0.6) is 0 Å². The van der Waals surface area contributed by atoms with Crippen molar-refractivity contribution >= 4 is 29.4 Å². The first-order chi connectivity index (χ1) is 8.16. The lowest BCUT2D eigenvalue weighted by molar-refractivity contribution is -0.141. The van der Waals surface area contributed by atoms with Crippen LogP contribution in [-0.4, -0.2) is 18.4 Å². The van der Waals surface area contributed by atoms with Crippen LogP contribution in [0, 0.1) is 5.92 Å². The standard InChI is InChI=1S/C13H11ClO3/c14-10-6-4-9(5-7-10)2-1-3-11-12(15)8-17-13(11)16/h1-2,4-7,11H,3,8H2/b2-1+. The maximum Gasteiger partial charge on any atom is 0.317 e. The molecule has 0 saturated carbocycles. The van der Waals surface area contributed by atoms with E-state index in [-0.39, 0.29) is 12.4 Å². The number of ketones is 1. The van der Waals surface area contributed by atoms with Crippen LogP contribution in [0.1, 0.15) is 12.0 Å². The van der Waals surface area contributed by atoms with Crippen LogP contribution < -0.4 is 0 Å². The van der Waals surface area contributed by atoms with Crippen molar-refractivity contribution in [3.63, 3.8) is 0 Å². The molecule has 3 nitrogen and oxygen atoms in total. The Morgan fingerprint density at radius 2 is 2.00 bits per heavy atom. The van der Waals surface area contributed by atoms with Crippen molar-refractivity contribution in [1.29, 1.82) is 0 Å². The summed E-state index contributed by atoms with van der Waals surface area (Å²) in [6.07, 6.45) is 4.05. The summed E-state index contributed by atoms with van der Waals surface area (Å²) in [6.45, 7) is -0.0850. The topological polar surface area (TPSA) is 43.4 Å². The number of halogens is 1. The van der Waals surface area contributed by atoms with E-state index in [9.17, 15) is 9.59 Å². The minimum Gasteiger partial charge on any atom is -0.457 e. The van der Waals surface area contributed by atoms with Crippen LogP contribution in [0.4, 0.5) is 0 Å². The molecular weight excluding hydrogens is 240 g/mol. The molecule has 1 fully saturated rings. The number of carbonyl (C=O) groups excluding carboxylic acids is 2. The van der Waals surface area contributed by atoms with Crippen LogP contribution in [0.25, 0.3) is 6.08 Å². The van der Waals surface area contributed by atoms with Gasteiger partial charge in [0.05, 0.1) is 0 Å². The number of rotatable bonds is 3. The van der Waals surface area contributed by atoms with Crippen LogP contribution in [-0.2, 0) is 14.3 Å². The summed E-state index contributed by atoms with van der Waals surface area (Å²) in [5.74, 6) is -1.19. The molecule has 4 heteroatoms. The number of esters is 1. The largest absolute Gasteiger partial charge is 0.457 e. The molecule has 1 atom stereocenters. The Hall–Kier alpha value is -1.61. The molecule has 17 heavy (non-hydrogen) atoms. The molecule has 1 aromatic rings. The Morgan fingerprint density at radius 1 is 1.29 bits per heavy atom. The third-order valence-corrected chi connectivity index (χ3v) is 2.83. The molecule has 2 rings (SSSR count). The maximum atomic E-state index is 11.3. The lowest BCUT2D eigenvalue weighted by Crippen LogP contribution is -2.13. The zero-order valence-corrected chi connectivity index (χ0v) is 9.81. The van der Waals surface area contributed by atoms with Gasteiger partial charge in [0.25, 0.3) is 0 Å². The van der Waals surface area contributed by atoms with Gasteiger partial charge in [-0.15, -0.1) is 0 Å². The first-order valence-electron chi connectivity index (χ1n) is 5.28. The molecule has 1 aliphatic heterocycles. The van der Waals surface area contributed by atoms with Gasteiger partial charge in [0.2, 0.25) is 0 Å². The first kappa shape index (κ1) is 11.9. The van der Waals surface area contributed by atoms with E-state index in [2.05, 4.69) is 4.74 Å². The molecule has 88 valence electrons. The Kier molecular flexibility index (Phi) is 3.59. The number of cyclic esters (lactones) is 1. The lowest BCUT2D eigenvalue weighted by Gasteiger charge is -1.98. The van der Waals surface area contributed by atoms with Crippen molar-refractivity contribution < 1.29 is 14.3 Å². The molecule has 0 aromatic heterocycles. The van der Waals surface area contributed by atoms with E-state index in [1.165, 1.54) is 0 Å². The molecule has 1 aromatic carbocycles. The quantitative estimate of drug-likeness (QED) is 0.611. The number of benzene rings is 1. The fourth-order valence-corrected chi connectivity index (χ4v) is 1.74. The predicted molar refractivity (Wildman–Crippen MR) is 64.6 cm³/mol. The maximum absolute atomic E-state index is 11.3. The second-order valence-electron chi connectivity index (χ2n) is 3.82. The fraction of sp³-hybridized carbons (Fsp3) is 0.231.